The Kier molecular flexibility index (Phi) is 3.18. The quantitative estimate of drug-likeness (QED) is 0.347. The second kappa shape index (κ2) is 5.61. The molecule has 0 bridgehead atoms. The minimum absolute atomic E-state index is 0.946. The molecule has 3 heteroatoms. The highest BCUT2D eigenvalue weighted by molar-refractivity contribution is 9.10. The van der Waals surface area contributed by atoms with Gasteiger partial charge in [0, 0.05) is 25.8 Å². The van der Waals surface area contributed by atoms with Gasteiger partial charge in [-0.1, -0.05) is 42.5 Å². The van der Waals surface area contributed by atoms with Gasteiger partial charge in [-0.05, 0) is 59.1 Å². The largest absolute Gasteiger partial charge is 0.455 e. The lowest BCUT2D eigenvalue weighted by Gasteiger charge is -2.09. The zero-order valence-corrected chi connectivity index (χ0v) is 16.2. The number of furan rings is 1. The number of fused-ring (bicyclic) bond motifs is 7. The van der Waals surface area contributed by atoms with Crippen LogP contribution in [-0.4, -0.2) is 4.57 Å². The summed E-state index contributed by atoms with van der Waals surface area (Å²) in [6.45, 7) is 0. The summed E-state index contributed by atoms with van der Waals surface area (Å²) in [5.74, 6) is 0. The van der Waals surface area contributed by atoms with Crippen LogP contribution in [0.2, 0.25) is 0 Å². The molecule has 5 aromatic rings. The summed E-state index contributed by atoms with van der Waals surface area (Å²) in [4.78, 5) is 0. The normalized spacial score (nSPS) is 13.7. The first-order valence-corrected chi connectivity index (χ1v) is 10.0. The maximum atomic E-state index is 6.35. The molecule has 0 radical (unpaired) electrons. The van der Waals surface area contributed by atoms with Gasteiger partial charge in [0.15, 0.2) is 0 Å². The highest BCUT2D eigenvalue weighted by Gasteiger charge is 2.18. The van der Waals surface area contributed by atoms with E-state index in [0.717, 1.165) is 34.2 Å². The first-order valence-electron chi connectivity index (χ1n) is 9.23. The molecule has 0 spiro atoms. The molecule has 1 aliphatic carbocycles. The van der Waals surface area contributed by atoms with Crippen LogP contribution in [0, 0.1) is 0 Å². The van der Waals surface area contributed by atoms with Crippen molar-refractivity contribution >= 4 is 60.9 Å². The average molecular weight is 414 g/mol. The molecule has 27 heavy (non-hydrogen) atoms. The van der Waals surface area contributed by atoms with Crippen molar-refractivity contribution in [2.24, 2.45) is 0 Å². The number of hydrogen-bond donors (Lipinski definition) is 0. The Labute approximate surface area is 164 Å². The van der Waals surface area contributed by atoms with Crippen molar-refractivity contribution in [2.45, 2.75) is 12.8 Å². The lowest BCUT2D eigenvalue weighted by molar-refractivity contribution is 0.672. The summed E-state index contributed by atoms with van der Waals surface area (Å²) in [6.07, 6.45) is 6.84. The molecular formula is C24H16BrNO. The fourth-order valence-electron chi connectivity index (χ4n) is 4.35. The van der Waals surface area contributed by atoms with Gasteiger partial charge >= 0.3 is 0 Å². The van der Waals surface area contributed by atoms with E-state index in [4.69, 9.17) is 4.42 Å². The number of benzene rings is 3. The summed E-state index contributed by atoms with van der Waals surface area (Å²) in [6, 6.07) is 21.1. The lowest BCUT2D eigenvalue weighted by atomic mass is 10.1. The Bertz CT molecular complexity index is 1490. The fraction of sp³-hybridized carbons (Fsp3) is 0.0833. The van der Waals surface area contributed by atoms with Crippen LogP contribution in [0.3, 0.4) is 0 Å². The molecule has 2 nitrogen and oxygen atoms in total. The zero-order chi connectivity index (χ0) is 18.0. The van der Waals surface area contributed by atoms with Crippen LogP contribution < -0.4 is 10.6 Å². The predicted octanol–water partition coefficient (Wildman–Crippen LogP) is 5.65. The first-order chi connectivity index (χ1) is 13.3. The summed E-state index contributed by atoms with van der Waals surface area (Å²) < 4.78 is 9.80. The predicted molar refractivity (Wildman–Crippen MR) is 116 cm³/mol. The van der Waals surface area contributed by atoms with Crippen molar-refractivity contribution in [1.29, 1.82) is 0 Å². The van der Waals surface area contributed by atoms with Crippen LogP contribution in [0.5, 0.6) is 0 Å². The Morgan fingerprint density at radius 1 is 0.815 bits per heavy atom. The molecule has 0 amide bonds. The molecule has 0 N–H and O–H groups in total. The topological polar surface area (TPSA) is 18.1 Å². The number of nitrogens with zero attached hydrogens (tertiary/aromatic N) is 1. The van der Waals surface area contributed by atoms with Crippen molar-refractivity contribution in [3.8, 4) is 5.69 Å². The maximum Gasteiger partial charge on any atom is 0.145 e. The average Bonchev–Trinajstić information content (AvgIpc) is 3.24. The Morgan fingerprint density at radius 3 is 2.56 bits per heavy atom. The molecule has 0 saturated carbocycles. The molecule has 0 atom stereocenters. The van der Waals surface area contributed by atoms with Crippen LogP contribution in [0.1, 0.15) is 12.8 Å². The molecule has 0 aliphatic heterocycles. The second-order valence-electron chi connectivity index (χ2n) is 7.01. The molecule has 6 rings (SSSR count). The highest BCUT2D eigenvalue weighted by atomic mass is 79.9. The third-order valence-electron chi connectivity index (χ3n) is 5.50. The van der Waals surface area contributed by atoms with Crippen molar-refractivity contribution in [2.75, 3.05) is 0 Å². The van der Waals surface area contributed by atoms with Gasteiger partial charge in [0.05, 0.1) is 16.6 Å². The van der Waals surface area contributed by atoms with Crippen LogP contribution in [0.25, 0.3) is 50.7 Å². The number of aromatic nitrogens is 1. The molecule has 130 valence electrons. The lowest BCUT2D eigenvalue weighted by Crippen LogP contribution is -2.30. The molecular weight excluding hydrogens is 398 g/mol. The van der Waals surface area contributed by atoms with E-state index >= 15 is 0 Å². The minimum Gasteiger partial charge on any atom is -0.455 e. The third kappa shape index (κ3) is 2.06. The van der Waals surface area contributed by atoms with E-state index in [2.05, 4.69) is 81.2 Å². The van der Waals surface area contributed by atoms with Crippen molar-refractivity contribution < 1.29 is 4.42 Å². The molecule has 1 aliphatic rings. The smallest absolute Gasteiger partial charge is 0.145 e. The van der Waals surface area contributed by atoms with Crippen molar-refractivity contribution in [3.05, 3.63) is 75.7 Å². The van der Waals surface area contributed by atoms with E-state index in [9.17, 15) is 0 Å². The van der Waals surface area contributed by atoms with Gasteiger partial charge in [-0.2, -0.15) is 0 Å². The number of hydrogen-bond acceptors (Lipinski definition) is 1. The van der Waals surface area contributed by atoms with Gasteiger partial charge in [-0.25, -0.2) is 0 Å². The summed E-state index contributed by atoms with van der Waals surface area (Å²) in [7, 11) is 0. The SMILES string of the molecule is Brc1ccccc1-n1c2c(c3c4oc5ccccc5c4ccc31)=CCCC=2. The monoisotopic (exact) mass is 413 g/mol. The van der Waals surface area contributed by atoms with Gasteiger partial charge in [0.25, 0.3) is 0 Å². The Hall–Kier alpha value is -2.78. The van der Waals surface area contributed by atoms with Crippen LogP contribution in [-0.2, 0) is 0 Å². The van der Waals surface area contributed by atoms with E-state index in [-0.39, 0.29) is 0 Å². The Balaban J connectivity index is 1.89. The fourth-order valence-corrected chi connectivity index (χ4v) is 4.81. The number of halogens is 1. The molecule has 0 unspecified atom stereocenters. The number of rotatable bonds is 1. The van der Waals surface area contributed by atoms with Gasteiger partial charge in [0.2, 0.25) is 0 Å². The van der Waals surface area contributed by atoms with Gasteiger partial charge in [-0.3, -0.25) is 0 Å². The summed E-state index contributed by atoms with van der Waals surface area (Å²) in [5.41, 5.74) is 4.28. The maximum absolute atomic E-state index is 6.35. The summed E-state index contributed by atoms with van der Waals surface area (Å²) >= 11 is 3.74. The number of para-hydroxylation sites is 2. The molecule has 0 fully saturated rings. The van der Waals surface area contributed by atoms with Crippen LogP contribution in [0.15, 0.2) is 69.6 Å². The second-order valence-corrected chi connectivity index (χ2v) is 7.86. The standard InChI is InChI=1S/C24H16BrNO/c25-18-9-3-5-11-20(18)26-19-10-4-1-8-17(19)23-21(26)14-13-16-15-7-2-6-12-22(15)27-24(16)23/h2-3,5-14H,1,4H2. The molecule has 3 aromatic carbocycles. The molecule has 2 aromatic heterocycles. The van der Waals surface area contributed by atoms with E-state index < -0.39 is 0 Å². The van der Waals surface area contributed by atoms with Crippen molar-refractivity contribution in [1.82, 2.24) is 4.57 Å². The van der Waals surface area contributed by atoms with Crippen molar-refractivity contribution in [3.63, 3.8) is 0 Å². The minimum atomic E-state index is 0.946. The van der Waals surface area contributed by atoms with E-state index in [1.54, 1.807) is 0 Å². The van der Waals surface area contributed by atoms with Gasteiger partial charge < -0.3 is 8.98 Å². The van der Waals surface area contributed by atoms with Gasteiger partial charge in [-0.15, -0.1) is 0 Å². The molecule has 0 saturated heterocycles. The zero-order valence-electron chi connectivity index (χ0n) is 14.6. The van der Waals surface area contributed by atoms with E-state index in [1.807, 2.05) is 12.1 Å². The van der Waals surface area contributed by atoms with Crippen LogP contribution >= 0.6 is 15.9 Å². The third-order valence-corrected chi connectivity index (χ3v) is 6.17. The Morgan fingerprint density at radius 2 is 1.63 bits per heavy atom. The first kappa shape index (κ1) is 15.3. The highest BCUT2D eigenvalue weighted by Crippen LogP contribution is 2.34. The van der Waals surface area contributed by atoms with Gasteiger partial charge in [0.1, 0.15) is 11.2 Å². The van der Waals surface area contributed by atoms with E-state index in [1.165, 1.54) is 32.2 Å². The molecule has 2 heterocycles. The summed E-state index contributed by atoms with van der Waals surface area (Å²) in [5, 5.41) is 6.12. The van der Waals surface area contributed by atoms with E-state index in [0.29, 0.717) is 0 Å². The van der Waals surface area contributed by atoms with Crippen LogP contribution in [0.4, 0.5) is 0 Å².